The van der Waals surface area contributed by atoms with Crippen molar-refractivity contribution in [2.75, 3.05) is 0 Å². The van der Waals surface area contributed by atoms with Crippen LogP contribution in [0.3, 0.4) is 0 Å². The molecule has 0 atom stereocenters. The van der Waals surface area contributed by atoms with Crippen LogP contribution in [0.2, 0.25) is 0 Å². The van der Waals surface area contributed by atoms with Gasteiger partial charge in [0, 0.05) is 16.3 Å². The van der Waals surface area contributed by atoms with Gasteiger partial charge in [-0.1, -0.05) is 66.7 Å². The van der Waals surface area contributed by atoms with Gasteiger partial charge in [-0.25, -0.2) is 9.97 Å². The first-order chi connectivity index (χ1) is 10.9. The maximum absolute atomic E-state index is 4.92. The Morgan fingerprint density at radius 2 is 1.18 bits per heavy atom. The molecule has 0 fully saturated rings. The Labute approximate surface area is 127 Å². The SMILES string of the molecule is c1ccc(-c2nc3cccc4c5ccccc5c2nc34)cc1. The zero-order chi connectivity index (χ0) is 14.5. The quantitative estimate of drug-likeness (QED) is 0.402. The molecule has 5 aromatic rings. The minimum absolute atomic E-state index is 0.953. The van der Waals surface area contributed by atoms with Crippen LogP contribution < -0.4 is 0 Å². The van der Waals surface area contributed by atoms with Gasteiger partial charge in [0.05, 0.1) is 22.2 Å². The summed E-state index contributed by atoms with van der Waals surface area (Å²) in [6, 6.07) is 25.0. The maximum atomic E-state index is 4.92. The predicted molar refractivity (Wildman–Crippen MR) is 91.2 cm³/mol. The third-order valence-corrected chi connectivity index (χ3v) is 4.21. The van der Waals surface area contributed by atoms with Gasteiger partial charge < -0.3 is 0 Å². The molecule has 5 rings (SSSR count). The third kappa shape index (κ3) is 1.49. The first kappa shape index (κ1) is 11.6. The molecule has 0 saturated carbocycles. The fourth-order valence-electron chi connectivity index (χ4n) is 3.20. The third-order valence-electron chi connectivity index (χ3n) is 4.21. The van der Waals surface area contributed by atoms with E-state index < -0.39 is 0 Å². The Morgan fingerprint density at radius 1 is 0.500 bits per heavy atom. The monoisotopic (exact) mass is 280 g/mol. The molecule has 0 aliphatic heterocycles. The summed E-state index contributed by atoms with van der Waals surface area (Å²) >= 11 is 0. The largest absolute Gasteiger partial charge is 0.244 e. The molecule has 2 nitrogen and oxygen atoms in total. The summed E-state index contributed by atoms with van der Waals surface area (Å²) in [4.78, 5) is 9.81. The smallest absolute Gasteiger partial charge is 0.0979 e. The standard InChI is InChI=1S/C20H12N2/c1-2-7-13(8-3-1)18-20-16-10-5-4-9-14(16)15-11-6-12-17(21-18)19(15)22-20/h1-12H. The molecule has 0 N–H and O–H groups in total. The number of benzene rings is 3. The second-order valence-corrected chi connectivity index (χ2v) is 5.51. The van der Waals surface area contributed by atoms with Gasteiger partial charge >= 0.3 is 0 Å². The summed E-state index contributed by atoms with van der Waals surface area (Å²) in [6.07, 6.45) is 0. The predicted octanol–water partition coefficient (Wildman–Crippen LogP) is 5.04. The number of pyridine rings is 1. The Bertz CT molecular complexity index is 1110. The number of fused-ring (bicyclic) bond motifs is 4. The van der Waals surface area contributed by atoms with E-state index in [0.717, 1.165) is 33.2 Å². The summed E-state index contributed by atoms with van der Waals surface area (Å²) in [5.74, 6) is 0. The molecule has 2 aromatic heterocycles. The number of para-hydroxylation sites is 1. The van der Waals surface area contributed by atoms with Crippen LogP contribution in [0.4, 0.5) is 0 Å². The topological polar surface area (TPSA) is 25.8 Å². The number of rotatable bonds is 1. The van der Waals surface area contributed by atoms with Crippen LogP contribution in [0.1, 0.15) is 0 Å². The Kier molecular flexibility index (Phi) is 2.25. The zero-order valence-corrected chi connectivity index (χ0v) is 11.8. The summed E-state index contributed by atoms with van der Waals surface area (Å²) in [5, 5.41) is 3.58. The summed E-state index contributed by atoms with van der Waals surface area (Å²) in [7, 11) is 0. The van der Waals surface area contributed by atoms with Crippen molar-refractivity contribution in [2.45, 2.75) is 0 Å². The second kappa shape index (κ2) is 4.25. The van der Waals surface area contributed by atoms with Crippen molar-refractivity contribution in [3.05, 3.63) is 72.8 Å². The van der Waals surface area contributed by atoms with E-state index in [0.29, 0.717) is 0 Å². The van der Waals surface area contributed by atoms with Gasteiger partial charge in [0.1, 0.15) is 0 Å². The fraction of sp³-hybridized carbons (Fsp3) is 0. The second-order valence-electron chi connectivity index (χ2n) is 5.51. The number of nitrogens with zero attached hydrogens (tertiary/aromatic N) is 2. The minimum atomic E-state index is 0.953. The van der Waals surface area contributed by atoms with Crippen molar-refractivity contribution < 1.29 is 0 Å². The van der Waals surface area contributed by atoms with Gasteiger partial charge in [-0.2, -0.15) is 0 Å². The molecule has 22 heavy (non-hydrogen) atoms. The van der Waals surface area contributed by atoms with Crippen LogP contribution in [0, 0.1) is 0 Å². The van der Waals surface area contributed by atoms with E-state index >= 15 is 0 Å². The van der Waals surface area contributed by atoms with E-state index in [9.17, 15) is 0 Å². The fourth-order valence-corrected chi connectivity index (χ4v) is 3.20. The average molecular weight is 280 g/mol. The van der Waals surface area contributed by atoms with E-state index in [4.69, 9.17) is 9.97 Å². The normalized spacial score (nSPS) is 11.6. The van der Waals surface area contributed by atoms with Gasteiger partial charge in [0.15, 0.2) is 0 Å². The van der Waals surface area contributed by atoms with Crippen LogP contribution in [0.15, 0.2) is 72.8 Å². The molecule has 2 bridgehead atoms. The highest BCUT2D eigenvalue weighted by Crippen LogP contribution is 2.35. The summed E-state index contributed by atoms with van der Waals surface area (Å²) < 4.78 is 0. The van der Waals surface area contributed by atoms with E-state index in [-0.39, 0.29) is 0 Å². The Balaban J connectivity index is 2.07. The van der Waals surface area contributed by atoms with E-state index in [2.05, 4.69) is 48.5 Å². The molecule has 0 spiro atoms. The van der Waals surface area contributed by atoms with Gasteiger partial charge in [-0.05, 0) is 11.5 Å². The lowest BCUT2D eigenvalue weighted by Gasteiger charge is -2.12. The first-order valence-electron chi connectivity index (χ1n) is 7.38. The number of hydrogen-bond donors (Lipinski definition) is 0. The molecule has 0 unspecified atom stereocenters. The molecule has 2 heterocycles. The molecule has 0 aliphatic carbocycles. The molecule has 102 valence electrons. The lowest BCUT2D eigenvalue weighted by atomic mass is 10.0. The zero-order valence-electron chi connectivity index (χ0n) is 11.8. The molecular formula is C20H12N2. The van der Waals surface area contributed by atoms with Crippen LogP contribution in [-0.2, 0) is 0 Å². The number of hydrogen-bond acceptors (Lipinski definition) is 2. The van der Waals surface area contributed by atoms with E-state index in [1.807, 2.05) is 24.3 Å². The van der Waals surface area contributed by atoms with Crippen LogP contribution in [-0.4, -0.2) is 9.97 Å². The molecule has 0 amide bonds. The first-order valence-corrected chi connectivity index (χ1v) is 7.38. The molecule has 2 heteroatoms. The molecule has 0 saturated heterocycles. The van der Waals surface area contributed by atoms with Crippen molar-refractivity contribution in [2.24, 2.45) is 0 Å². The van der Waals surface area contributed by atoms with Gasteiger partial charge in [-0.15, -0.1) is 0 Å². The van der Waals surface area contributed by atoms with Crippen LogP contribution in [0.25, 0.3) is 44.0 Å². The molecule has 0 aliphatic rings. The van der Waals surface area contributed by atoms with Crippen LogP contribution >= 0.6 is 0 Å². The van der Waals surface area contributed by atoms with Crippen molar-refractivity contribution in [3.8, 4) is 11.3 Å². The van der Waals surface area contributed by atoms with Crippen molar-refractivity contribution in [3.63, 3.8) is 0 Å². The minimum Gasteiger partial charge on any atom is -0.244 e. The highest BCUT2D eigenvalue weighted by Gasteiger charge is 2.14. The lowest BCUT2D eigenvalue weighted by molar-refractivity contribution is 1.36. The Hall–Kier alpha value is -3.00. The summed E-state index contributed by atoms with van der Waals surface area (Å²) in [6.45, 7) is 0. The highest BCUT2D eigenvalue weighted by atomic mass is 14.8. The lowest BCUT2D eigenvalue weighted by Crippen LogP contribution is -1.95. The molecule has 0 radical (unpaired) electrons. The van der Waals surface area contributed by atoms with Gasteiger partial charge in [0.25, 0.3) is 0 Å². The van der Waals surface area contributed by atoms with Gasteiger partial charge in [0.2, 0.25) is 0 Å². The van der Waals surface area contributed by atoms with Gasteiger partial charge in [-0.3, -0.25) is 0 Å². The average Bonchev–Trinajstić information content (AvgIpc) is 2.61. The highest BCUT2D eigenvalue weighted by molar-refractivity contribution is 6.18. The van der Waals surface area contributed by atoms with Crippen molar-refractivity contribution in [1.82, 2.24) is 9.97 Å². The number of aromatic nitrogens is 2. The van der Waals surface area contributed by atoms with Crippen molar-refractivity contribution in [1.29, 1.82) is 0 Å². The van der Waals surface area contributed by atoms with E-state index in [1.165, 1.54) is 10.8 Å². The summed E-state index contributed by atoms with van der Waals surface area (Å²) in [5.41, 5.74) is 4.99. The molecule has 3 aromatic carbocycles. The maximum Gasteiger partial charge on any atom is 0.0979 e. The van der Waals surface area contributed by atoms with Crippen LogP contribution in [0.5, 0.6) is 0 Å². The Morgan fingerprint density at radius 3 is 2.05 bits per heavy atom. The van der Waals surface area contributed by atoms with Crippen molar-refractivity contribution >= 4 is 32.7 Å². The molecular weight excluding hydrogens is 268 g/mol. The van der Waals surface area contributed by atoms with E-state index in [1.54, 1.807) is 0 Å².